The Morgan fingerprint density at radius 3 is 3.00 bits per heavy atom. The van der Waals surface area contributed by atoms with Gasteiger partial charge >= 0.3 is 0 Å². The summed E-state index contributed by atoms with van der Waals surface area (Å²) >= 11 is 0. The van der Waals surface area contributed by atoms with Gasteiger partial charge in [-0.05, 0) is 6.42 Å². The van der Waals surface area contributed by atoms with E-state index in [9.17, 15) is 4.79 Å². The Hall–Kier alpha value is -2.33. The first-order valence-electron chi connectivity index (χ1n) is 5.18. The van der Waals surface area contributed by atoms with Gasteiger partial charge in [-0.25, -0.2) is 10.4 Å². The van der Waals surface area contributed by atoms with Crippen molar-refractivity contribution in [3.05, 3.63) is 27.7 Å². The van der Waals surface area contributed by atoms with Crippen molar-refractivity contribution in [3.63, 3.8) is 0 Å². The minimum atomic E-state index is -0.197. The van der Waals surface area contributed by atoms with Gasteiger partial charge < -0.3 is 5.43 Å². The number of rotatable bonds is 3. The molecule has 0 amide bonds. The van der Waals surface area contributed by atoms with E-state index >= 15 is 0 Å². The number of hydrogen-bond donors (Lipinski definition) is 3. The fourth-order valence-electron chi connectivity index (χ4n) is 1.67. The number of hydrogen-bond acceptors (Lipinski definition) is 5. The van der Waals surface area contributed by atoms with Gasteiger partial charge in [0, 0.05) is 13.2 Å². The number of hydrazine groups is 1. The van der Waals surface area contributed by atoms with Gasteiger partial charge in [-0.3, -0.25) is 9.89 Å². The first-order valence-corrected chi connectivity index (χ1v) is 5.18. The lowest BCUT2D eigenvalue weighted by molar-refractivity contribution is 0.855. The molecule has 0 fully saturated rings. The van der Waals surface area contributed by atoms with E-state index in [2.05, 4.69) is 20.9 Å². The molecule has 2 aromatic heterocycles. The lowest BCUT2D eigenvalue weighted by Gasteiger charge is -2.08. The molecule has 2 heterocycles. The standard InChI is InChI=1S/C10H12N6O/c1-3-7-8(15-12-2)14-9-6(4-11)5-13-16(9)10(7)17/h5,12-13,15H,3H2,1-2H3. The van der Waals surface area contributed by atoms with Gasteiger partial charge in [-0.2, -0.15) is 9.78 Å². The first-order chi connectivity index (χ1) is 8.22. The Balaban J connectivity index is 2.81. The second-order valence-corrected chi connectivity index (χ2v) is 3.43. The van der Waals surface area contributed by atoms with E-state index in [4.69, 9.17) is 5.26 Å². The van der Waals surface area contributed by atoms with Crippen molar-refractivity contribution >= 4 is 11.5 Å². The number of anilines is 1. The molecule has 0 unspecified atom stereocenters. The van der Waals surface area contributed by atoms with Crippen molar-refractivity contribution in [1.29, 1.82) is 5.26 Å². The maximum absolute atomic E-state index is 12.1. The Bertz CT molecular complexity index is 647. The maximum atomic E-state index is 12.1. The van der Waals surface area contributed by atoms with E-state index in [1.54, 1.807) is 7.05 Å². The molecule has 0 saturated heterocycles. The molecule has 0 atom stereocenters. The fourth-order valence-corrected chi connectivity index (χ4v) is 1.67. The quantitative estimate of drug-likeness (QED) is 0.647. The Labute approximate surface area is 97.0 Å². The van der Waals surface area contributed by atoms with Gasteiger partial charge in [-0.1, -0.05) is 6.92 Å². The highest BCUT2D eigenvalue weighted by molar-refractivity contribution is 5.59. The number of nitrogens with zero attached hydrogens (tertiary/aromatic N) is 3. The van der Waals surface area contributed by atoms with Crippen LogP contribution >= 0.6 is 0 Å². The van der Waals surface area contributed by atoms with Crippen molar-refractivity contribution < 1.29 is 0 Å². The molecule has 0 saturated carbocycles. The molecule has 0 spiro atoms. The lowest BCUT2D eigenvalue weighted by Crippen LogP contribution is -2.26. The Morgan fingerprint density at radius 2 is 2.41 bits per heavy atom. The predicted molar refractivity (Wildman–Crippen MR) is 62.6 cm³/mol. The molecule has 0 aliphatic carbocycles. The summed E-state index contributed by atoms with van der Waals surface area (Å²) in [5, 5.41) is 11.6. The smallest absolute Gasteiger partial charge is 0.278 e. The van der Waals surface area contributed by atoms with E-state index < -0.39 is 0 Å². The summed E-state index contributed by atoms with van der Waals surface area (Å²) < 4.78 is 1.28. The monoisotopic (exact) mass is 232 g/mol. The summed E-state index contributed by atoms with van der Waals surface area (Å²) in [4.78, 5) is 16.4. The van der Waals surface area contributed by atoms with Crippen molar-refractivity contribution in [2.75, 3.05) is 12.5 Å². The average molecular weight is 232 g/mol. The summed E-state index contributed by atoms with van der Waals surface area (Å²) in [6.45, 7) is 1.87. The molecular weight excluding hydrogens is 220 g/mol. The third-order valence-electron chi connectivity index (χ3n) is 2.47. The number of nitrogens with one attached hydrogen (secondary N) is 3. The third-order valence-corrected chi connectivity index (χ3v) is 2.47. The molecule has 2 rings (SSSR count). The topological polar surface area (TPSA) is 98.0 Å². The van der Waals surface area contributed by atoms with E-state index in [1.165, 1.54) is 10.7 Å². The first kappa shape index (κ1) is 11.2. The van der Waals surface area contributed by atoms with Gasteiger partial charge in [0.1, 0.15) is 11.6 Å². The minimum Gasteiger partial charge on any atom is -0.306 e. The number of aromatic nitrogens is 3. The van der Waals surface area contributed by atoms with E-state index in [1.807, 2.05) is 13.0 Å². The van der Waals surface area contributed by atoms with Crippen molar-refractivity contribution in [2.24, 2.45) is 0 Å². The van der Waals surface area contributed by atoms with Crippen LogP contribution in [0.4, 0.5) is 5.82 Å². The van der Waals surface area contributed by atoms with Crippen LogP contribution in [0, 0.1) is 11.3 Å². The summed E-state index contributed by atoms with van der Waals surface area (Å²) in [5.74, 6) is 0.455. The average Bonchev–Trinajstić information content (AvgIpc) is 2.73. The zero-order chi connectivity index (χ0) is 12.4. The molecule has 0 radical (unpaired) electrons. The summed E-state index contributed by atoms with van der Waals surface area (Å²) in [7, 11) is 1.69. The molecule has 7 nitrogen and oxygen atoms in total. The summed E-state index contributed by atoms with van der Waals surface area (Å²) in [6, 6.07) is 1.98. The van der Waals surface area contributed by atoms with Crippen LogP contribution in [0.1, 0.15) is 18.1 Å². The Kier molecular flexibility index (Phi) is 2.80. The highest BCUT2D eigenvalue weighted by atomic mass is 16.1. The molecule has 3 N–H and O–H groups in total. The van der Waals surface area contributed by atoms with Crippen LogP contribution in [-0.4, -0.2) is 21.6 Å². The lowest BCUT2D eigenvalue weighted by atomic mass is 10.2. The van der Waals surface area contributed by atoms with E-state index in [-0.39, 0.29) is 5.56 Å². The van der Waals surface area contributed by atoms with Crippen LogP contribution in [0.3, 0.4) is 0 Å². The predicted octanol–water partition coefficient (Wildman–Crippen LogP) is 0.00298. The van der Waals surface area contributed by atoms with Crippen molar-refractivity contribution in [1.82, 2.24) is 20.0 Å². The van der Waals surface area contributed by atoms with Crippen molar-refractivity contribution in [3.8, 4) is 6.07 Å². The van der Waals surface area contributed by atoms with Crippen LogP contribution < -0.4 is 16.4 Å². The minimum absolute atomic E-state index is 0.197. The summed E-state index contributed by atoms with van der Waals surface area (Å²) in [5.41, 5.74) is 6.55. The van der Waals surface area contributed by atoms with Gasteiger partial charge in [0.15, 0.2) is 11.5 Å². The second-order valence-electron chi connectivity index (χ2n) is 3.43. The highest BCUT2D eigenvalue weighted by Crippen LogP contribution is 2.12. The van der Waals surface area contributed by atoms with Crippen molar-refractivity contribution in [2.45, 2.75) is 13.3 Å². The number of nitriles is 1. The fraction of sp³-hybridized carbons (Fsp3) is 0.300. The molecule has 88 valence electrons. The van der Waals surface area contributed by atoms with Crippen LogP contribution in [0.25, 0.3) is 5.65 Å². The van der Waals surface area contributed by atoms with Crippen LogP contribution in [-0.2, 0) is 6.42 Å². The van der Waals surface area contributed by atoms with Crippen LogP contribution in [0.5, 0.6) is 0 Å². The van der Waals surface area contributed by atoms with Gasteiger partial charge in [-0.15, -0.1) is 0 Å². The largest absolute Gasteiger partial charge is 0.306 e. The van der Waals surface area contributed by atoms with E-state index in [0.717, 1.165) is 0 Å². The summed E-state index contributed by atoms with van der Waals surface area (Å²) in [6.07, 6.45) is 2.02. The zero-order valence-electron chi connectivity index (χ0n) is 9.53. The third kappa shape index (κ3) is 1.64. The number of aromatic amines is 1. The molecule has 17 heavy (non-hydrogen) atoms. The van der Waals surface area contributed by atoms with Gasteiger partial charge in [0.25, 0.3) is 5.56 Å². The zero-order valence-corrected chi connectivity index (χ0v) is 9.53. The SMILES string of the molecule is CCc1c(NNC)nc2c(C#N)c[nH]n2c1=O. The molecule has 2 aromatic rings. The van der Waals surface area contributed by atoms with Gasteiger partial charge in [0.05, 0.1) is 5.56 Å². The van der Waals surface area contributed by atoms with Crippen LogP contribution in [0.2, 0.25) is 0 Å². The van der Waals surface area contributed by atoms with Gasteiger partial charge in [0.2, 0.25) is 0 Å². The van der Waals surface area contributed by atoms with E-state index in [0.29, 0.717) is 29.0 Å². The Morgan fingerprint density at radius 1 is 1.65 bits per heavy atom. The highest BCUT2D eigenvalue weighted by Gasteiger charge is 2.14. The maximum Gasteiger partial charge on any atom is 0.278 e. The molecular formula is C10H12N6O. The molecule has 0 aliphatic rings. The number of H-pyrrole nitrogens is 1. The molecule has 0 aromatic carbocycles. The normalized spacial score (nSPS) is 10.4. The van der Waals surface area contributed by atoms with Crippen LogP contribution in [0.15, 0.2) is 11.0 Å². The second kappa shape index (κ2) is 4.27. The molecule has 7 heteroatoms. The molecule has 0 aliphatic heterocycles. The number of fused-ring (bicyclic) bond motifs is 1. The molecule has 0 bridgehead atoms.